The minimum absolute atomic E-state index is 0.216. The van der Waals surface area contributed by atoms with Gasteiger partial charge in [-0.05, 0) is 13.0 Å². The van der Waals surface area contributed by atoms with Crippen LogP contribution in [0.5, 0.6) is 0 Å². The average molecular weight is 154 g/mol. The maximum atomic E-state index is 8.55. The average Bonchev–Trinajstić information content (AvgIpc) is 1.98. The maximum Gasteiger partial charge on any atom is 0.0846 e. The van der Waals surface area contributed by atoms with Gasteiger partial charge in [-0.3, -0.25) is 0 Å². The van der Waals surface area contributed by atoms with Gasteiger partial charge in [-0.1, -0.05) is 18.2 Å². The van der Waals surface area contributed by atoms with E-state index in [9.17, 15) is 0 Å². The summed E-state index contributed by atoms with van der Waals surface area (Å²) in [6.07, 6.45) is 3.35. The van der Waals surface area contributed by atoms with E-state index in [1.807, 2.05) is 6.92 Å². The summed E-state index contributed by atoms with van der Waals surface area (Å²) < 4.78 is 0. The number of aliphatic hydroxyl groups is 1. The molecular formula is C8H14N2O. The molecule has 0 rings (SSSR count). The van der Waals surface area contributed by atoms with Crippen molar-refractivity contribution in [3.63, 3.8) is 0 Å². The van der Waals surface area contributed by atoms with Crippen molar-refractivity contribution in [3.8, 4) is 0 Å². The van der Waals surface area contributed by atoms with Gasteiger partial charge in [-0.2, -0.15) is 0 Å². The molecule has 11 heavy (non-hydrogen) atoms. The lowest BCUT2D eigenvalue weighted by Gasteiger charge is -1.98. The van der Waals surface area contributed by atoms with Gasteiger partial charge in [-0.25, -0.2) is 0 Å². The topological polar surface area (TPSA) is 72.3 Å². The van der Waals surface area contributed by atoms with E-state index >= 15 is 0 Å². The first-order chi connectivity index (χ1) is 5.07. The predicted octanol–water partition coefficient (Wildman–Crippen LogP) is 0.240. The van der Waals surface area contributed by atoms with E-state index in [4.69, 9.17) is 16.6 Å². The highest BCUT2D eigenvalue weighted by molar-refractivity contribution is 5.26. The van der Waals surface area contributed by atoms with Crippen molar-refractivity contribution in [1.82, 2.24) is 0 Å². The maximum absolute atomic E-state index is 8.55. The highest BCUT2D eigenvalue weighted by Gasteiger charge is 1.90. The molecule has 3 heteroatoms. The van der Waals surface area contributed by atoms with Gasteiger partial charge >= 0.3 is 0 Å². The minimum Gasteiger partial charge on any atom is -0.398 e. The molecule has 0 aliphatic carbocycles. The van der Waals surface area contributed by atoms with Crippen LogP contribution in [-0.4, -0.2) is 11.7 Å². The summed E-state index contributed by atoms with van der Waals surface area (Å²) >= 11 is 0. The summed E-state index contributed by atoms with van der Waals surface area (Å²) in [6, 6.07) is 0. The number of hydrogen-bond donors (Lipinski definition) is 3. The van der Waals surface area contributed by atoms with Gasteiger partial charge in [0.2, 0.25) is 0 Å². The summed E-state index contributed by atoms with van der Waals surface area (Å²) in [6.45, 7) is 5.27. The van der Waals surface area contributed by atoms with Crippen LogP contribution in [0.1, 0.15) is 6.92 Å². The Hall–Kier alpha value is -1.22. The van der Waals surface area contributed by atoms with E-state index in [1.54, 1.807) is 12.2 Å². The Labute approximate surface area is 66.7 Å². The number of aliphatic hydroxyl groups excluding tert-OH is 1. The number of nitrogens with two attached hydrogens (primary N) is 2. The molecule has 0 saturated carbocycles. The third kappa shape index (κ3) is 4.22. The van der Waals surface area contributed by atoms with E-state index in [0.717, 1.165) is 5.57 Å². The Morgan fingerprint density at radius 3 is 2.36 bits per heavy atom. The molecule has 3 nitrogen and oxygen atoms in total. The molecule has 0 aromatic heterocycles. The normalized spacial score (nSPS) is 13.3. The van der Waals surface area contributed by atoms with Crippen molar-refractivity contribution < 1.29 is 5.11 Å². The molecule has 0 amide bonds. The smallest absolute Gasteiger partial charge is 0.0846 e. The summed E-state index contributed by atoms with van der Waals surface area (Å²) in [5, 5.41) is 8.55. The van der Waals surface area contributed by atoms with Gasteiger partial charge in [0.1, 0.15) is 0 Å². The van der Waals surface area contributed by atoms with Crippen LogP contribution >= 0.6 is 0 Å². The highest BCUT2D eigenvalue weighted by Crippen LogP contribution is 1.96. The molecular weight excluding hydrogens is 140 g/mol. The Morgan fingerprint density at radius 2 is 2.00 bits per heavy atom. The molecule has 0 radical (unpaired) electrons. The van der Waals surface area contributed by atoms with Crippen molar-refractivity contribution in [1.29, 1.82) is 0 Å². The van der Waals surface area contributed by atoms with Crippen molar-refractivity contribution >= 4 is 0 Å². The fraction of sp³-hybridized carbons (Fsp3) is 0.250. The monoisotopic (exact) mass is 154 g/mol. The van der Waals surface area contributed by atoms with E-state index in [0.29, 0.717) is 5.70 Å². The lowest BCUT2D eigenvalue weighted by atomic mass is 10.2. The number of allylic oxidation sites excluding steroid dienone is 3. The van der Waals surface area contributed by atoms with Crippen LogP contribution in [0.3, 0.4) is 0 Å². The fourth-order valence-corrected chi connectivity index (χ4v) is 0.430. The zero-order chi connectivity index (χ0) is 8.85. The van der Waals surface area contributed by atoms with E-state index in [-0.39, 0.29) is 12.3 Å². The van der Waals surface area contributed by atoms with Crippen molar-refractivity contribution in [3.05, 3.63) is 35.7 Å². The van der Waals surface area contributed by atoms with Gasteiger partial charge in [-0.15, -0.1) is 0 Å². The van der Waals surface area contributed by atoms with E-state index in [2.05, 4.69) is 6.58 Å². The molecule has 62 valence electrons. The Bertz CT molecular complexity index is 204. The Balaban J connectivity index is 4.26. The Morgan fingerprint density at radius 1 is 1.45 bits per heavy atom. The molecule has 0 aromatic carbocycles. The molecule has 0 aliphatic rings. The van der Waals surface area contributed by atoms with Crippen molar-refractivity contribution in [2.24, 2.45) is 11.5 Å². The summed E-state index contributed by atoms with van der Waals surface area (Å²) in [7, 11) is 0. The van der Waals surface area contributed by atoms with Gasteiger partial charge in [0.15, 0.2) is 0 Å². The molecule has 0 bridgehead atoms. The zero-order valence-electron chi connectivity index (χ0n) is 6.67. The van der Waals surface area contributed by atoms with Gasteiger partial charge < -0.3 is 16.6 Å². The lowest BCUT2D eigenvalue weighted by Crippen LogP contribution is -2.11. The van der Waals surface area contributed by atoms with Gasteiger partial charge in [0.05, 0.1) is 18.0 Å². The van der Waals surface area contributed by atoms with Gasteiger partial charge in [0, 0.05) is 0 Å². The van der Waals surface area contributed by atoms with Crippen LogP contribution in [-0.2, 0) is 0 Å². The second-order valence-electron chi connectivity index (χ2n) is 2.32. The summed E-state index contributed by atoms with van der Waals surface area (Å²) in [5.41, 5.74) is 12.3. The molecule has 0 atom stereocenters. The zero-order valence-corrected chi connectivity index (χ0v) is 6.67. The van der Waals surface area contributed by atoms with Crippen LogP contribution in [0.25, 0.3) is 0 Å². The predicted molar refractivity (Wildman–Crippen MR) is 46.4 cm³/mol. The molecule has 0 heterocycles. The highest BCUT2D eigenvalue weighted by atomic mass is 16.3. The van der Waals surface area contributed by atoms with Crippen LogP contribution in [0.2, 0.25) is 0 Å². The van der Waals surface area contributed by atoms with Crippen LogP contribution in [0.4, 0.5) is 0 Å². The second kappa shape index (κ2) is 4.57. The molecule has 0 unspecified atom stereocenters. The molecule has 0 saturated heterocycles. The number of hydrogen-bond acceptors (Lipinski definition) is 3. The molecule has 0 aromatic rings. The third-order valence-corrected chi connectivity index (χ3v) is 1.09. The quantitative estimate of drug-likeness (QED) is 0.510. The molecule has 0 spiro atoms. The van der Waals surface area contributed by atoms with E-state index in [1.165, 1.54) is 0 Å². The summed E-state index contributed by atoms with van der Waals surface area (Å²) in [4.78, 5) is 0. The standard InChI is InChI=1S/C8H14N2O/c1-6(2)3-4-7(9)8(10)5-11/h3-4,11H,1,5,9-10H2,2H3/b4-3-,8-7-. The van der Waals surface area contributed by atoms with E-state index < -0.39 is 0 Å². The Kier molecular flexibility index (Phi) is 4.07. The summed E-state index contributed by atoms with van der Waals surface area (Å²) in [5.74, 6) is 0. The largest absolute Gasteiger partial charge is 0.398 e. The molecule has 0 fully saturated rings. The first-order valence-electron chi connectivity index (χ1n) is 3.26. The fourth-order valence-electron chi connectivity index (χ4n) is 0.430. The molecule has 0 aliphatic heterocycles. The SMILES string of the molecule is C=C(C)/C=C\C(N)=C(\N)CO. The molecule has 5 N–H and O–H groups in total. The first-order valence-corrected chi connectivity index (χ1v) is 3.26. The van der Waals surface area contributed by atoms with Crippen LogP contribution in [0.15, 0.2) is 35.7 Å². The lowest BCUT2D eigenvalue weighted by molar-refractivity contribution is 0.328. The van der Waals surface area contributed by atoms with Crippen molar-refractivity contribution in [2.45, 2.75) is 6.92 Å². The van der Waals surface area contributed by atoms with Crippen LogP contribution < -0.4 is 11.5 Å². The second-order valence-corrected chi connectivity index (χ2v) is 2.32. The first kappa shape index (κ1) is 9.78. The number of rotatable bonds is 3. The van der Waals surface area contributed by atoms with Gasteiger partial charge in [0.25, 0.3) is 0 Å². The van der Waals surface area contributed by atoms with Crippen molar-refractivity contribution in [2.75, 3.05) is 6.61 Å². The van der Waals surface area contributed by atoms with Crippen LogP contribution in [0, 0.1) is 0 Å². The third-order valence-electron chi connectivity index (χ3n) is 1.09. The minimum atomic E-state index is -0.216.